The van der Waals surface area contributed by atoms with Crippen molar-refractivity contribution in [2.24, 2.45) is 0 Å². The van der Waals surface area contributed by atoms with Crippen LogP contribution < -0.4 is 14.9 Å². The van der Waals surface area contributed by atoms with E-state index < -0.39 is 52.2 Å². The molecule has 0 radical (unpaired) electrons. The predicted octanol–water partition coefficient (Wildman–Crippen LogP) is 9.02. The fourth-order valence-corrected chi connectivity index (χ4v) is 5.94. The second kappa shape index (κ2) is 17.8. The third-order valence-corrected chi connectivity index (χ3v) is 9.20. The minimum Gasteiger partial charge on any atom is -0.507 e. The number of ketones is 1. The molecule has 0 spiro atoms. The third-order valence-electron chi connectivity index (χ3n) is 7.13. The number of halogens is 5. The van der Waals surface area contributed by atoms with Gasteiger partial charge in [0, 0.05) is 10.5 Å². The van der Waals surface area contributed by atoms with Gasteiger partial charge in [0.05, 0.1) is 35.0 Å². The van der Waals surface area contributed by atoms with E-state index in [1.54, 1.807) is 30.4 Å². The molecule has 15 heteroatoms. The van der Waals surface area contributed by atoms with E-state index >= 15 is 0 Å². The molecule has 0 bridgehead atoms. The molecule has 9 nitrogen and oxygen atoms in total. The lowest BCUT2D eigenvalue weighted by Gasteiger charge is -2.26. The molecule has 0 amide bonds. The standard InChI is InChI=1S/C34H35Cl2F3O9S/c1-3-9-24-27(14-13-22(20(2)40)31(24)43)46-17-8-6-4-5-7-10-29(25(41)15-16-33(35,36)34(37,38)39)49-21-11-12-23-26(42)19-30(48-32(44)45)47-28(23)18-21/h4-5,7,10-14,18-19,25,29,41,43H,3,6,8-9,15-17H2,1-2H3,(H,44,45)/b5-4-,10-7+/t25-,29+/m1/s1. The number of fused-ring (bicyclic) bond motifs is 1. The maximum atomic E-state index is 13.2. The molecule has 0 fully saturated rings. The van der Waals surface area contributed by atoms with Gasteiger partial charge in [0.1, 0.15) is 17.1 Å². The maximum absolute atomic E-state index is 13.2. The SMILES string of the molecule is CCCc1c(OCCC/C=C\C=C\[C@H](Sc2ccc3c(=O)cc(OC(=O)O)oc3c2)[C@H](O)CCC(Cl)(Cl)C(F)(F)F)ccc(C(C)=O)c1O. The van der Waals surface area contributed by atoms with E-state index in [1.807, 2.05) is 13.0 Å². The molecule has 0 saturated heterocycles. The van der Waals surface area contributed by atoms with E-state index in [9.17, 15) is 37.8 Å². The largest absolute Gasteiger partial charge is 0.513 e. The number of Topliss-reactive ketones (excluding diaryl/α,β-unsaturated/α-hetero) is 1. The van der Waals surface area contributed by atoms with Gasteiger partial charge in [0.2, 0.25) is 4.33 Å². The number of hydrogen-bond acceptors (Lipinski definition) is 9. The van der Waals surface area contributed by atoms with E-state index in [4.69, 9.17) is 37.5 Å². The van der Waals surface area contributed by atoms with Crippen molar-refractivity contribution in [2.45, 2.75) is 79.1 Å². The van der Waals surface area contributed by atoms with Gasteiger partial charge in [0.25, 0.3) is 5.95 Å². The van der Waals surface area contributed by atoms with E-state index in [0.29, 0.717) is 42.1 Å². The van der Waals surface area contributed by atoms with Crippen LogP contribution in [0.4, 0.5) is 18.0 Å². The zero-order valence-corrected chi connectivity index (χ0v) is 28.8. The first-order valence-corrected chi connectivity index (χ1v) is 16.8. The molecule has 0 unspecified atom stereocenters. The van der Waals surface area contributed by atoms with Crippen molar-refractivity contribution in [3.05, 3.63) is 82.1 Å². The molecule has 0 aliphatic rings. The molecular formula is C34H35Cl2F3O9S. The smallest absolute Gasteiger partial charge is 0.507 e. The number of aliphatic hydroxyl groups excluding tert-OH is 1. The number of alkyl halides is 5. The fourth-order valence-electron chi connectivity index (χ4n) is 4.62. The topological polar surface area (TPSA) is 144 Å². The number of rotatable bonds is 17. The molecule has 0 aliphatic heterocycles. The van der Waals surface area contributed by atoms with Gasteiger partial charge < -0.3 is 29.2 Å². The molecular weight excluding hydrogens is 712 g/mol. The van der Waals surface area contributed by atoms with Crippen molar-refractivity contribution >= 4 is 57.9 Å². The molecule has 1 aromatic heterocycles. The summed E-state index contributed by atoms with van der Waals surface area (Å²) in [5, 5.41) is 29.6. The first-order valence-electron chi connectivity index (χ1n) is 15.1. The number of thioether (sulfide) groups is 1. The quantitative estimate of drug-likeness (QED) is 0.0306. The zero-order chi connectivity index (χ0) is 36.4. The van der Waals surface area contributed by atoms with Crippen LogP contribution in [0.2, 0.25) is 0 Å². The number of unbranched alkanes of at least 4 members (excludes halogenated alkanes) is 1. The highest BCUT2D eigenvalue weighted by molar-refractivity contribution is 8.00. The lowest BCUT2D eigenvalue weighted by atomic mass is 10.0. The number of carbonyl (C=O) groups excluding carboxylic acids is 1. The van der Waals surface area contributed by atoms with Gasteiger partial charge in [-0.15, -0.1) is 11.8 Å². The van der Waals surface area contributed by atoms with Gasteiger partial charge in [-0.2, -0.15) is 13.2 Å². The van der Waals surface area contributed by atoms with Crippen LogP contribution in [0, 0.1) is 0 Å². The van der Waals surface area contributed by atoms with Gasteiger partial charge in [0.15, 0.2) is 11.2 Å². The van der Waals surface area contributed by atoms with Crippen LogP contribution >= 0.6 is 35.0 Å². The number of phenolic OH excluding ortho intramolecular Hbond substituents is 1. The van der Waals surface area contributed by atoms with Crippen molar-refractivity contribution in [1.82, 2.24) is 0 Å². The average molecular weight is 748 g/mol. The number of allylic oxidation sites excluding steroid dienone is 3. The fraction of sp³-hybridized carbons (Fsp3) is 0.382. The zero-order valence-electron chi connectivity index (χ0n) is 26.5. The molecule has 2 aromatic carbocycles. The van der Waals surface area contributed by atoms with Crippen LogP contribution in [0.25, 0.3) is 11.0 Å². The highest BCUT2D eigenvalue weighted by Crippen LogP contribution is 2.44. The van der Waals surface area contributed by atoms with E-state index in [2.05, 4.69) is 4.74 Å². The Hall–Kier alpha value is -3.65. The van der Waals surface area contributed by atoms with Crippen LogP contribution in [0.1, 0.15) is 61.9 Å². The molecule has 49 heavy (non-hydrogen) atoms. The molecule has 3 rings (SSSR count). The Balaban J connectivity index is 1.70. The Morgan fingerprint density at radius 1 is 1.12 bits per heavy atom. The van der Waals surface area contributed by atoms with Crippen LogP contribution in [-0.2, 0) is 6.42 Å². The summed E-state index contributed by atoms with van der Waals surface area (Å²) in [6.45, 7) is 3.66. The monoisotopic (exact) mass is 746 g/mol. The lowest BCUT2D eigenvalue weighted by molar-refractivity contribution is -0.143. The van der Waals surface area contributed by atoms with Crippen LogP contribution in [0.5, 0.6) is 17.4 Å². The summed E-state index contributed by atoms with van der Waals surface area (Å²) in [6, 6.07) is 8.48. The Morgan fingerprint density at radius 3 is 2.51 bits per heavy atom. The summed E-state index contributed by atoms with van der Waals surface area (Å²) in [5.74, 6) is -0.355. The van der Waals surface area contributed by atoms with Crippen molar-refractivity contribution in [2.75, 3.05) is 6.61 Å². The van der Waals surface area contributed by atoms with Gasteiger partial charge >= 0.3 is 12.3 Å². The second-order valence-corrected chi connectivity index (χ2v) is 13.6. The number of aliphatic hydroxyl groups is 1. The molecule has 0 aliphatic carbocycles. The van der Waals surface area contributed by atoms with Crippen LogP contribution in [0.3, 0.4) is 0 Å². The van der Waals surface area contributed by atoms with Gasteiger partial charge in [-0.3, -0.25) is 9.59 Å². The molecule has 3 N–H and O–H groups in total. The number of benzene rings is 2. The minimum absolute atomic E-state index is 0.00230. The normalized spacial score (nSPS) is 13.6. The predicted molar refractivity (Wildman–Crippen MR) is 182 cm³/mol. The molecule has 2 atom stereocenters. The third kappa shape index (κ3) is 11.4. The number of ether oxygens (including phenoxy) is 2. The van der Waals surface area contributed by atoms with E-state index in [-0.39, 0.29) is 28.1 Å². The van der Waals surface area contributed by atoms with Gasteiger partial charge in [-0.1, -0.05) is 60.9 Å². The van der Waals surface area contributed by atoms with Crippen molar-refractivity contribution < 1.29 is 52.0 Å². The van der Waals surface area contributed by atoms with Gasteiger partial charge in [-0.25, -0.2) is 4.79 Å². The number of hydrogen-bond donors (Lipinski definition) is 3. The number of carbonyl (C=O) groups is 2. The molecule has 266 valence electrons. The number of carboxylic acid groups (broad SMARTS) is 1. The molecule has 3 aromatic rings. The van der Waals surface area contributed by atoms with Crippen molar-refractivity contribution in [3.63, 3.8) is 0 Å². The Bertz CT molecular complexity index is 1740. The summed E-state index contributed by atoms with van der Waals surface area (Å²) in [7, 11) is 0. The number of phenols is 1. The second-order valence-electron chi connectivity index (χ2n) is 10.9. The summed E-state index contributed by atoms with van der Waals surface area (Å²) in [5.41, 5.74) is 0.259. The summed E-state index contributed by atoms with van der Waals surface area (Å²) < 4.78 is 52.3. The van der Waals surface area contributed by atoms with Crippen LogP contribution in [-0.4, -0.2) is 55.7 Å². The van der Waals surface area contributed by atoms with Gasteiger partial charge in [-0.05, 0) is 69.4 Å². The van der Waals surface area contributed by atoms with Crippen molar-refractivity contribution in [1.29, 1.82) is 0 Å². The lowest BCUT2D eigenvalue weighted by Crippen LogP contribution is -2.36. The average Bonchev–Trinajstić information content (AvgIpc) is 3.00. The van der Waals surface area contributed by atoms with Crippen molar-refractivity contribution in [3.8, 4) is 17.4 Å². The summed E-state index contributed by atoms with van der Waals surface area (Å²) in [6.07, 6.45) is 0.0976. The Morgan fingerprint density at radius 2 is 1.86 bits per heavy atom. The van der Waals surface area contributed by atoms with E-state index in [1.165, 1.54) is 25.1 Å². The Labute approximate surface area is 294 Å². The van der Waals surface area contributed by atoms with Crippen LogP contribution in [0.15, 0.2) is 74.8 Å². The minimum atomic E-state index is -4.91. The highest BCUT2D eigenvalue weighted by atomic mass is 35.5. The maximum Gasteiger partial charge on any atom is 0.513 e. The molecule has 0 saturated carbocycles. The number of aromatic hydroxyl groups is 1. The summed E-state index contributed by atoms with van der Waals surface area (Å²) in [4.78, 5) is 35.5. The van der Waals surface area contributed by atoms with E-state index in [0.717, 1.165) is 24.2 Å². The summed E-state index contributed by atoms with van der Waals surface area (Å²) >= 11 is 12.0. The highest BCUT2D eigenvalue weighted by Gasteiger charge is 2.52. The molecule has 1 heterocycles. The Kier molecular flexibility index (Phi) is 14.5. The first-order chi connectivity index (χ1) is 23.0. The first kappa shape index (κ1) is 39.8.